The number of fused-ring (bicyclic) bond motifs is 3. The van der Waals surface area contributed by atoms with E-state index in [1.807, 2.05) is 12.2 Å². The Labute approximate surface area is 82.5 Å². The maximum atomic E-state index is 5.58. The molecule has 0 N–H and O–H groups in total. The predicted molar refractivity (Wildman–Crippen MR) is 55.5 cm³/mol. The molecule has 0 radical (unpaired) electrons. The molecule has 0 fully saturated rings. The first-order chi connectivity index (χ1) is 6.95. The zero-order valence-electron chi connectivity index (χ0n) is 7.69. The first kappa shape index (κ1) is 7.68. The normalized spacial score (nSPS) is 16.6. The van der Waals surface area contributed by atoms with Gasteiger partial charge in [0.1, 0.15) is 13.2 Å². The van der Waals surface area contributed by atoms with Crippen molar-refractivity contribution in [2.75, 3.05) is 13.2 Å². The van der Waals surface area contributed by atoms with Crippen LogP contribution >= 0.6 is 0 Å². The zero-order valence-corrected chi connectivity index (χ0v) is 7.69. The zero-order chi connectivity index (χ0) is 9.38. The van der Waals surface area contributed by atoms with Crippen LogP contribution < -0.4 is 9.47 Å². The van der Waals surface area contributed by atoms with E-state index in [1.54, 1.807) is 0 Å². The summed E-state index contributed by atoms with van der Waals surface area (Å²) < 4.78 is 11.2. The highest BCUT2D eigenvalue weighted by molar-refractivity contribution is 5.72. The highest BCUT2D eigenvalue weighted by Crippen LogP contribution is 2.39. The van der Waals surface area contributed by atoms with Crippen LogP contribution in [0.4, 0.5) is 0 Å². The highest BCUT2D eigenvalue weighted by Gasteiger charge is 2.17. The first-order valence-corrected chi connectivity index (χ1v) is 4.71. The third-order valence-corrected chi connectivity index (χ3v) is 2.42. The van der Waals surface area contributed by atoms with Gasteiger partial charge in [-0.25, -0.2) is 0 Å². The Balaban J connectivity index is 2.23. The van der Waals surface area contributed by atoms with Gasteiger partial charge >= 0.3 is 0 Å². The minimum atomic E-state index is 0.635. The van der Waals surface area contributed by atoms with E-state index in [2.05, 4.69) is 24.3 Å². The van der Waals surface area contributed by atoms with Gasteiger partial charge in [0, 0.05) is 11.1 Å². The molecule has 0 aliphatic carbocycles. The van der Waals surface area contributed by atoms with Crippen LogP contribution in [-0.4, -0.2) is 13.2 Å². The largest absolute Gasteiger partial charge is 0.485 e. The average molecular weight is 186 g/mol. The summed E-state index contributed by atoms with van der Waals surface area (Å²) in [5, 5.41) is 0. The minimum Gasteiger partial charge on any atom is -0.485 e. The SMILES string of the molecule is C1=Cc2ccc3c(c2OC1)OCC=C3. The number of rotatable bonds is 0. The van der Waals surface area contributed by atoms with E-state index in [9.17, 15) is 0 Å². The molecule has 0 aromatic heterocycles. The van der Waals surface area contributed by atoms with Gasteiger partial charge in [-0.15, -0.1) is 0 Å². The molecule has 0 saturated heterocycles. The number of ether oxygens (including phenoxy) is 2. The highest BCUT2D eigenvalue weighted by atomic mass is 16.5. The molecule has 0 amide bonds. The lowest BCUT2D eigenvalue weighted by atomic mass is 10.1. The summed E-state index contributed by atoms with van der Waals surface area (Å²) in [5.74, 6) is 1.77. The van der Waals surface area contributed by atoms with Crippen LogP contribution in [-0.2, 0) is 0 Å². The van der Waals surface area contributed by atoms with Crippen LogP contribution in [0, 0.1) is 0 Å². The molecule has 70 valence electrons. The van der Waals surface area contributed by atoms with E-state index in [4.69, 9.17) is 9.47 Å². The summed E-state index contributed by atoms with van der Waals surface area (Å²) in [4.78, 5) is 0. The van der Waals surface area contributed by atoms with Crippen LogP contribution in [0.15, 0.2) is 24.3 Å². The summed E-state index contributed by atoms with van der Waals surface area (Å²) >= 11 is 0. The van der Waals surface area contributed by atoms with E-state index in [-0.39, 0.29) is 0 Å². The Morgan fingerprint density at radius 3 is 1.79 bits per heavy atom. The van der Waals surface area contributed by atoms with Gasteiger partial charge in [-0.2, -0.15) is 0 Å². The summed E-state index contributed by atoms with van der Waals surface area (Å²) in [6, 6.07) is 4.12. The Morgan fingerprint density at radius 2 is 1.29 bits per heavy atom. The molecule has 1 aromatic rings. The molecule has 14 heavy (non-hydrogen) atoms. The van der Waals surface area contributed by atoms with Crippen molar-refractivity contribution < 1.29 is 9.47 Å². The second-order valence-electron chi connectivity index (χ2n) is 3.33. The number of benzene rings is 1. The van der Waals surface area contributed by atoms with Gasteiger partial charge in [0.25, 0.3) is 0 Å². The van der Waals surface area contributed by atoms with Crippen molar-refractivity contribution in [1.82, 2.24) is 0 Å². The summed E-state index contributed by atoms with van der Waals surface area (Å²) in [6.45, 7) is 1.27. The molecule has 0 spiro atoms. The van der Waals surface area contributed by atoms with Crippen molar-refractivity contribution in [3.63, 3.8) is 0 Å². The van der Waals surface area contributed by atoms with E-state index in [0.29, 0.717) is 13.2 Å². The van der Waals surface area contributed by atoms with Gasteiger partial charge in [0.2, 0.25) is 0 Å². The smallest absolute Gasteiger partial charge is 0.169 e. The van der Waals surface area contributed by atoms with Crippen LogP contribution in [0.2, 0.25) is 0 Å². The summed E-state index contributed by atoms with van der Waals surface area (Å²) in [5.41, 5.74) is 2.20. The van der Waals surface area contributed by atoms with Crippen LogP contribution in [0.25, 0.3) is 12.2 Å². The Hall–Kier alpha value is -1.70. The van der Waals surface area contributed by atoms with Crippen LogP contribution in [0.1, 0.15) is 11.1 Å². The Morgan fingerprint density at radius 1 is 0.786 bits per heavy atom. The maximum absolute atomic E-state index is 5.58. The molecule has 0 unspecified atom stereocenters. The molecule has 2 heteroatoms. The van der Waals surface area contributed by atoms with Gasteiger partial charge in [-0.1, -0.05) is 24.3 Å². The summed E-state index contributed by atoms with van der Waals surface area (Å²) in [6.07, 6.45) is 8.16. The van der Waals surface area contributed by atoms with E-state index in [1.165, 1.54) is 0 Å². The van der Waals surface area contributed by atoms with Crippen molar-refractivity contribution in [2.45, 2.75) is 0 Å². The van der Waals surface area contributed by atoms with Gasteiger partial charge in [-0.3, -0.25) is 0 Å². The summed E-state index contributed by atoms with van der Waals surface area (Å²) in [7, 11) is 0. The molecular weight excluding hydrogens is 176 g/mol. The van der Waals surface area contributed by atoms with Gasteiger partial charge in [0.15, 0.2) is 11.5 Å². The monoisotopic (exact) mass is 186 g/mol. The molecule has 2 heterocycles. The minimum absolute atomic E-state index is 0.635. The van der Waals surface area contributed by atoms with E-state index >= 15 is 0 Å². The number of hydrogen-bond acceptors (Lipinski definition) is 2. The fraction of sp³-hybridized carbons (Fsp3) is 0.167. The van der Waals surface area contributed by atoms with Crippen LogP contribution in [0.5, 0.6) is 11.5 Å². The molecule has 0 atom stereocenters. The van der Waals surface area contributed by atoms with E-state index < -0.39 is 0 Å². The third kappa shape index (κ3) is 1.04. The fourth-order valence-electron chi connectivity index (χ4n) is 1.77. The number of hydrogen-bond donors (Lipinski definition) is 0. The van der Waals surface area contributed by atoms with Crippen LogP contribution in [0.3, 0.4) is 0 Å². The molecular formula is C12H10O2. The first-order valence-electron chi connectivity index (χ1n) is 4.71. The van der Waals surface area contributed by atoms with Gasteiger partial charge in [0.05, 0.1) is 0 Å². The molecule has 3 rings (SSSR count). The topological polar surface area (TPSA) is 18.5 Å². The molecule has 2 aliphatic heterocycles. The van der Waals surface area contributed by atoms with Crippen molar-refractivity contribution in [3.8, 4) is 11.5 Å². The Kier molecular flexibility index (Phi) is 1.60. The molecule has 2 nitrogen and oxygen atoms in total. The fourth-order valence-corrected chi connectivity index (χ4v) is 1.77. The Bertz CT molecular complexity index is 389. The molecule has 2 aliphatic rings. The van der Waals surface area contributed by atoms with Crippen molar-refractivity contribution in [2.24, 2.45) is 0 Å². The molecule has 0 bridgehead atoms. The van der Waals surface area contributed by atoms with Crippen molar-refractivity contribution in [3.05, 3.63) is 35.4 Å². The lowest BCUT2D eigenvalue weighted by Gasteiger charge is -2.20. The lowest BCUT2D eigenvalue weighted by Crippen LogP contribution is -2.07. The maximum Gasteiger partial charge on any atom is 0.169 e. The molecule has 1 aromatic carbocycles. The van der Waals surface area contributed by atoms with Crippen molar-refractivity contribution >= 4 is 12.2 Å². The van der Waals surface area contributed by atoms with Gasteiger partial charge < -0.3 is 9.47 Å². The molecule has 0 saturated carbocycles. The lowest BCUT2D eigenvalue weighted by molar-refractivity contribution is 0.303. The van der Waals surface area contributed by atoms with E-state index in [0.717, 1.165) is 22.6 Å². The second-order valence-corrected chi connectivity index (χ2v) is 3.33. The quantitative estimate of drug-likeness (QED) is 0.619. The van der Waals surface area contributed by atoms with Crippen molar-refractivity contribution in [1.29, 1.82) is 0 Å². The predicted octanol–water partition coefficient (Wildman–Crippen LogP) is 2.50. The van der Waals surface area contributed by atoms with Gasteiger partial charge in [-0.05, 0) is 12.2 Å². The standard InChI is InChI=1S/C12H10O2/c1-3-9-5-6-10-4-2-8-14-12(10)11(9)13-7-1/h1-6H,7-8H2. The second kappa shape index (κ2) is 2.91. The average Bonchev–Trinajstić information content (AvgIpc) is 2.29. The third-order valence-electron chi connectivity index (χ3n) is 2.42.